The SMILES string of the molecule is CC1SCCCC1(CCO)C(C)(C)N. The normalized spacial score (nSPS) is 34.5. The van der Waals surface area contributed by atoms with Gasteiger partial charge in [0, 0.05) is 22.8 Å². The van der Waals surface area contributed by atoms with Gasteiger partial charge in [0.1, 0.15) is 0 Å². The lowest BCUT2D eigenvalue weighted by molar-refractivity contribution is 0.0857. The summed E-state index contributed by atoms with van der Waals surface area (Å²) in [6, 6.07) is 0. The van der Waals surface area contributed by atoms with Crippen molar-refractivity contribution < 1.29 is 5.11 Å². The monoisotopic (exact) mass is 217 g/mol. The summed E-state index contributed by atoms with van der Waals surface area (Å²) in [5, 5.41) is 9.76. The molecule has 0 aromatic carbocycles. The molecule has 1 aliphatic heterocycles. The van der Waals surface area contributed by atoms with Gasteiger partial charge in [0.25, 0.3) is 0 Å². The fourth-order valence-electron chi connectivity index (χ4n) is 2.71. The van der Waals surface area contributed by atoms with Crippen LogP contribution in [-0.2, 0) is 0 Å². The zero-order valence-electron chi connectivity index (χ0n) is 9.55. The molecule has 0 aromatic heterocycles. The van der Waals surface area contributed by atoms with Gasteiger partial charge in [0.05, 0.1) is 0 Å². The molecule has 0 saturated carbocycles. The van der Waals surface area contributed by atoms with Crippen molar-refractivity contribution >= 4 is 11.8 Å². The van der Waals surface area contributed by atoms with E-state index in [0.29, 0.717) is 5.25 Å². The Morgan fingerprint density at radius 2 is 2.21 bits per heavy atom. The lowest BCUT2D eigenvalue weighted by atomic mass is 9.64. The van der Waals surface area contributed by atoms with Crippen LogP contribution >= 0.6 is 11.8 Å². The van der Waals surface area contributed by atoms with Gasteiger partial charge in [0.2, 0.25) is 0 Å². The Labute approximate surface area is 91.6 Å². The van der Waals surface area contributed by atoms with Crippen LogP contribution in [0.3, 0.4) is 0 Å². The molecule has 1 heterocycles. The van der Waals surface area contributed by atoms with Gasteiger partial charge in [-0.3, -0.25) is 0 Å². The van der Waals surface area contributed by atoms with Gasteiger partial charge in [-0.1, -0.05) is 6.92 Å². The van der Waals surface area contributed by atoms with E-state index < -0.39 is 0 Å². The van der Waals surface area contributed by atoms with Crippen LogP contribution < -0.4 is 5.73 Å². The largest absolute Gasteiger partial charge is 0.396 e. The summed E-state index contributed by atoms with van der Waals surface area (Å²) >= 11 is 2.00. The van der Waals surface area contributed by atoms with E-state index in [4.69, 9.17) is 5.73 Å². The summed E-state index contributed by atoms with van der Waals surface area (Å²) < 4.78 is 0. The first-order chi connectivity index (χ1) is 6.44. The van der Waals surface area contributed by atoms with E-state index in [9.17, 15) is 5.11 Å². The quantitative estimate of drug-likeness (QED) is 0.760. The summed E-state index contributed by atoms with van der Waals surface area (Å²) in [6.07, 6.45) is 3.23. The molecule has 1 saturated heterocycles. The predicted octanol–water partition coefficient (Wildman–Crippen LogP) is 2.01. The standard InChI is InChI=1S/C11H23NOS/c1-9-11(6-7-13,10(2,3)12)5-4-8-14-9/h9,13H,4-8,12H2,1-3H3. The Kier molecular flexibility index (Phi) is 3.89. The maximum absolute atomic E-state index is 9.20. The zero-order chi connectivity index (χ0) is 10.8. The third kappa shape index (κ3) is 2.10. The molecule has 1 fully saturated rings. The Morgan fingerprint density at radius 1 is 1.57 bits per heavy atom. The van der Waals surface area contributed by atoms with Gasteiger partial charge < -0.3 is 10.8 Å². The smallest absolute Gasteiger partial charge is 0.0437 e. The van der Waals surface area contributed by atoms with Crippen LogP contribution in [0.4, 0.5) is 0 Å². The summed E-state index contributed by atoms with van der Waals surface area (Å²) in [6.45, 7) is 6.72. The Balaban J connectivity index is 2.89. The molecule has 84 valence electrons. The molecule has 3 N–H and O–H groups in total. The second-order valence-electron chi connectivity index (χ2n) is 4.97. The summed E-state index contributed by atoms with van der Waals surface area (Å²) in [5.41, 5.74) is 6.22. The molecule has 1 rings (SSSR count). The first kappa shape index (κ1) is 12.3. The molecular formula is C11H23NOS. The van der Waals surface area contributed by atoms with Gasteiger partial charge in [0.15, 0.2) is 0 Å². The van der Waals surface area contributed by atoms with Crippen molar-refractivity contribution in [1.82, 2.24) is 0 Å². The number of hydrogen-bond donors (Lipinski definition) is 2. The number of aliphatic hydroxyl groups excluding tert-OH is 1. The maximum atomic E-state index is 9.20. The van der Waals surface area contributed by atoms with Gasteiger partial charge in [-0.05, 0) is 38.9 Å². The lowest BCUT2D eigenvalue weighted by Gasteiger charge is -2.51. The van der Waals surface area contributed by atoms with Gasteiger partial charge in [-0.2, -0.15) is 11.8 Å². The average molecular weight is 217 g/mol. The van der Waals surface area contributed by atoms with Crippen molar-refractivity contribution in [1.29, 1.82) is 0 Å². The van der Waals surface area contributed by atoms with Crippen LogP contribution in [-0.4, -0.2) is 28.3 Å². The number of aliphatic hydroxyl groups is 1. The molecule has 0 amide bonds. The number of nitrogens with two attached hydrogens (primary N) is 1. The molecule has 0 radical (unpaired) electrons. The van der Waals surface area contributed by atoms with Crippen LogP contribution in [0.2, 0.25) is 0 Å². The molecule has 2 unspecified atom stereocenters. The third-order valence-electron chi connectivity index (χ3n) is 3.75. The van der Waals surface area contributed by atoms with Crippen molar-refractivity contribution in [2.75, 3.05) is 12.4 Å². The highest BCUT2D eigenvalue weighted by Gasteiger charge is 2.47. The Hall–Kier alpha value is 0.270. The molecule has 0 aromatic rings. The maximum Gasteiger partial charge on any atom is 0.0437 e. The predicted molar refractivity (Wildman–Crippen MR) is 63.6 cm³/mol. The zero-order valence-corrected chi connectivity index (χ0v) is 10.4. The highest BCUT2D eigenvalue weighted by molar-refractivity contribution is 7.99. The van der Waals surface area contributed by atoms with Gasteiger partial charge >= 0.3 is 0 Å². The lowest BCUT2D eigenvalue weighted by Crippen LogP contribution is -2.57. The average Bonchev–Trinajstić information content (AvgIpc) is 2.07. The fourth-order valence-corrected chi connectivity index (χ4v) is 4.23. The second kappa shape index (κ2) is 4.42. The molecule has 2 atom stereocenters. The van der Waals surface area contributed by atoms with E-state index in [1.165, 1.54) is 12.2 Å². The van der Waals surface area contributed by atoms with E-state index in [1.54, 1.807) is 0 Å². The highest BCUT2D eigenvalue weighted by Crippen LogP contribution is 2.49. The summed E-state index contributed by atoms with van der Waals surface area (Å²) in [5.74, 6) is 1.24. The topological polar surface area (TPSA) is 46.2 Å². The van der Waals surface area contributed by atoms with E-state index >= 15 is 0 Å². The number of hydrogen-bond acceptors (Lipinski definition) is 3. The number of rotatable bonds is 3. The van der Waals surface area contributed by atoms with Crippen molar-refractivity contribution in [2.45, 2.75) is 50.8 Å². The molecular weight excluding hydrogens is 194 g/mol. The van der Waals surface area contributed by atoms with Crippen LogP contribution in [0, 0.1) is 5.41 Å². The fraction of sp³-hybridized carbons (Fsp3) is 1.00. The molecule has 0 aliphatic carbocycles. The molecule has 0 spiro atoms. The highest BCUT2D eigenvalue weighted by atomic mass is 32.2. The molecule has 14 heavy (non-hydrogen) atoms. The first-order valence-electron chi connectivity index (χ1n) is 5.45. The van der Waals surface area contributed by atoms with E-state index in [-0.39, 0.29) is 17.6 Å². The van der Waals surface area contributed by atoms with Crippen molar-refractivity contribution in [3.63, 3.8) is 0 Å². The van der Waals surface area contributed by atoms with Crippen LogP contribution in [0.25, 0.3) is 0 Å². The van der Waals surface area contributed by atoms with E-state index in [1.807, 2.05) is 11.8 Å². The van der Waals surface area contributed by atoms with E-state index in [2.05, 4.69) is 20.8 Å². The first-order valence-corrected chi connectivity index (χ1v) is 6.50. The Morgan fingerprint density at radius 3 is 2.64 bits per heavy atom. The second-order valence-corrected chi connectivity index (χ2v) is 6.42. The van der Waals surface area contributed by atoms with Crippen molar-refractivity contribution in [3.05, 3.63) is 0 Å². The summed E-state index contributed by atoms with van der Waals surface area (Å²) in [7, 11) is 0. The summed E-state index contributed by atoms with van der Waals surface area (Å²) in [4.78, 5) is 0. The number of thioether (sulfide) groups is 1. The van der Waals surface area contributed by atoms with Gasteiger partial charge in [-0.25, -0.2) is 0 Å². The van der Waals surface area contributed by atoms with Crippen molar-refractivity contribution in [3.8, 4) is 0 Å². The Bertz CT molecular complexity index is 186. The molecule has 3 heteroatoms. The molecule has 1 aliphatic rings. The van der Waals surface area contributed by atoms with E-state index in [0.717, 1.165) is 12.8 Å². The minimum Gasteiger partial charge on any atom is -0.396 e. The van der Waals surface area contributed by atoms with Crippen molar-refractivity contribution in [2.24, 2.45) is 11.1 Å². The van der Waals surface area contributed by atoms with Gasteiger partial charge in [-0.15, -0.1) is 0 Å². The minimum atomic E-state index is -0.192. The third-order valence-corrected chi connectivity index (χ3v) is 5.23. The minimum absolute atomic E-state index is 0.116. The van der Waals surface area contributed by atoms with Crippen LogP contribution in [0.15, 0.2) is 0 Å². The van der Waals surface area contributed by atoms with Crippen LogP contribution in [0.5, 0.6) is 0 Å². The van der Waals surface area contributed by atoms with Crippen LogP contribution in [0.1, 0.15) is 40.0 Å². The molecule has 2 nitrogen and oxygen atoms in total. The molecule has 0 bridgehead atoms.